The van der Waals surface area contributed by atoms with Crippen LogP contribution in [0, 0.1) is 10.1 Å². The number of hydrogen-bond donors (Lipinski definition) is 0. The molecule has 1 heterocycles. The van der Waals surface area contributed by atoms with Gasteiger partial charge in [-0.2, -0.15) is 0 Å². The zero-order valence-corrected chi connectivity index (χ0v) is 24.5. The number of hydrogen-bond acceptors (Lipinski definition) is 7. The number of benzene rings is 3. The third-order valence-electron chi connectivity index (χ3n) is 5.28. The molecule has 0 atom stereocenters. The normalized spacial score (nSPS) is 14.3. The predicted octanol–water partition coefficient (Wildman–Crippen LogP) is 7.92. The molecule has 0 N–H and O–H groups in total. The molecule has 1 saturated heterocycles. The molecule has 194 valence electrons. The molecule has 8 nitrogen and oxygen atoms in total. The first-order valence-corrected chi connectivity index (χ1v) is 13.8. The van der Waals surface area contributed by atoms with Crippen molar-refractivity contribution in [1.29, 1.82) is 0 Å². The van der Waals surface area contributed by atoms with Gasteiger partial charge in [0.15, 0.2) is 5.78 Å². The van der Waals surface area contributed by atoms with Gasteiger partial charge in [0.25, 0.3) is 16.8 Å². The van der Waals surface area contributed by atoms with E-state index in [9.17, 15) is 24.5 Å². The maximum absolute atomic E-state index is 12.9. The van der Waals surface area contributed by atoms with Crippen LogP contribution in [0.3, 0.4) is 0 Å². The highest BCUT2D eigenvalue weighted by molar-refractivity contribution is 9.11. The molecule has 1 fully saturated rings. The van der Waals surface area contributed by atoms with Gasteiger partial charge < -0.3 is 4.74 Å². The van der Waals surface area contributed by atoms with E-state index in [0.717, 1.165) is 10.5 Å². The number of nitro benzene ring substituents is 1. The lowest BCUT2D eigenvalue weighted by atomic mass is 10.1. The van der Waals surface area contributed by atoms with Crippen molar-refractivity contribution < 1.29 is 24.0 Å². The Labute approximate surface area is 247 Å². The Balaban J connectivity index is 1.47. The number of amides is 2. The molecule has 0 aliphatic carbocycles. The van der Waals surface area contributed by atoms with Crippen LogP contribution < -0.4 is 4.74 Å². The lowest BCUT2D eigenvalue weighted by molar-refractivity contribution is -0.384. The third-order valence-corrected chi connectivity index (χ3v) is 7.95. The Hall–Kier alpha value is -2.70. The monoisotopic (exact) mass is 698 g/mol. The standard InChI is InChI=1S/C25H14Br2Cl2N2O6S/c26-18-7-13(8-19(27)23(18)37-12-15-1-4-16(28)10-20(15)29)9-22-24(33)30(25(34)38-22)11-21(32)14-2-5-17(6-3-14)31(35)36/h1-10H,11-12H2/b22-9+. The molecule has 0 aromatic heterocycles. The van der Waals surface area contributed by atoms with E-state index in [1.807, 2.05) is 0 Å². The summed E-state index contributed by atoms with van der Waals surface area (Å²) in [6.07, 6.45) is 1.54. The molecule has 0 radical (unpaired) electrons. The van der Waals surface area contributed by atoms with Gasteiger partial charge in [0.2, 0.25) is 0 Å². The highest BCUT2D eigenvalue weighted by Gasteiger charge is 2.36. The Kier molecular flexibility index (Phi) is 8.94. The summed E-state index contributed by atoms with van der Waals surface area (Å²) >= 11 is 19.8. The second kappa shape index (κ2) is 12.0. The number of carbonyl (C=O) groups is 3. The fourth-order valence-electron chi connectivity index (χ4n) is 3.38. The van der Waals surface area contributed by atoms with E-state index in [1.54, 1.807) is 30.3 Å². The number of imide groups is 1. The highest BCUT2D eigenvalue weighted by Crippen LogP contribution is 2.38. The van der Waals surface area contributed by atoms with Crippen LogP contribution in [0.1, 0.15) is 21.5 Å². The van der Waals surface area contributed by atoms with E-state index in [2.05, 4.69) is 31.9 Å². The number of Topliss-reactive ketones (excluding diaryl/α,β-unsaturated/α-hetero) is 1. The van der Waals surface area contributed by atoms with Gasteiger partial charge in [-0.05, 0) is 91.7 Å². The third kappa shape index (κ3) is 6.47. The summed E-state index contributed by atoms with van der Waals surface area (Å²) in [7, 11) is 0. The van der Waals surface area contributed by atoms with E-state index in [-0.39, 0.29) is 22.8 Å². The van der Waals surface area contributed by atoms with Crippen molar-refractivity contribution in [1.82, 2.24) is 4.90 Å². The van der Waals surface area contributed by atoms with E-state index >= 15 is 0 Å². The van der Waals surface area contributed by atoms with Crippen molar-refractivity contribution in [3.63, 3.8) is 0 Å². The Morgan fingerprint density at radius 1 is 1.05 bits per heavy atom. The molecule has 13 heteroatoms. The number of halogens is 4. The van der Waals surface area contributed by atoms with Crippen molar-refractivity contribution >= 4 is 95.5 Å². The lowest BCUT2D eigenvalue weighted by Crippen LogP contribution is -2.33. The fourth-order valence-corrected chi connectivity index (χ4v) is 6.13. The molecule has 0 bridgehead atoms. The van der Waals surface area contributed by atoms with E-state index in [1.165, 1.54) is 30.3 Å². The summed E-state index contributed by atoms with van der Waals surface area (Å²) in [4.78, 5) is 49.2. The number of rotatable bonds is 8. The molecule has 1 aliphatic heterocycles. The zero-order valence-electron chi connectivity index (χ0n) is 19.0. The van der Waals surface area contributed by atoms with Crippen molar-refractivity contribution in [3.05, 3.63) is 105 Å². The van der Waals surface area contributed by atoms with Gasteiger partial charge in [0.1, 0.15) is 12.4 Å². The number of ether oxygens (including phenoxy) is 1. The molecule has 0 unspecified atom stereocenters. The highest BCUT2D eigenvalue weighted by atomic mass is 79.9. The number of non-ortho nitro benzene ring substituents is 1. The van der Waals surface area contributed by atoms with Crippen LogP contribution in [0.15, 0.2) is 68.4 Å². The number of ketones is 1. The molecule has 3 aromatic rings. The molecule has 3 aromatic carbocycles. The van der Waals surface area contributed by atoms with Crippen LogP contribution in [0.5, 0.6) is 5.75 Å². The fraction of sp³-hybridized carbons (Fsp3) is 0.0800. The van der Waals surface area contributed by atoms with Gasteiger partial charge in [-0.25, -0.2) is 0 Å². The van der Waals surface area contributed by atoms with Crippen molar-refractivity contribution in [2.24, 2.45) is 0 Å². The topological polar surface area (TPSA) is 107 Å². The van der Waals surface area contributed by atoms with Gasteiger partial charge in [-0.1, -0.05) is 29.3 Å². The van der Waals surface area contributed by atoms with Crippen LogP contribution in [-0.2, 0) is 11.4 Å². The van der Waals surface area contributed by atoms with Crippen molar-refractivity contribution in [2.75, 3.05) is 6.54 Å². The zero-order chi connectivity index (χ0) is 27.6. The van der Waals surface area contributed by atoms with E-state index in [4.69, 9.17) is 27.9 Å². The number of carbonyl (C=O) groups excluding carboxylic acids is 3. The quantitative estimate of drug-likeness (QED) is 0.102. The molecule has 1 aliphatic rings. The molecule has 38 heavy (non-hydrogen) atoms. The maximum atomic E-state index is 12.9. The van der Waals surface area contributed by atoms with Gasteiger partial charge in [-0.15, -0.1) is 0 Å². The Bertz CT molecular complexity index is 1490. The van der Waals surface area contributed by atoms with Gasteiger partial charge in [0, 0.05) is 33.3 Å². The minimum absolute atomic E-state index is 0.145. The minimum atomic E-state index is -0.611. The Morgan fingerprint density at radius 3 is 2.32 bits per heavy atom. The first-order chi connectivity index (χ1) is 18.0. The molecular formula is C25H14Br2Cl2N2O6S. The van der Waals surface area contributed by atoms with Crippen molar-refractivity contribution in [3.8, 4) is 5.75 Å². The Morgan fingerprint density at radius 2 is 1.71 bits per heavy atom. The smallest absolute Gasteiger partial charge is 0.293 e. The van der Waals surface area contributed by atoms with Crippen LogP contribution >= 0.6 is 66.8 Å². The first-order valence-electron chi connectivity index (χ1n) is 10.6. The van der Waals surface area contributed by atoms with Crippen LogP contribution in [-0.4, -0.2) is 33.3 Å². The maximum Gasteiger partial charge on any atom is 0.293 e. The summed E-state index contributed by atoms with van der Waals surface area (Å²) in [5.41, 5.74) is 1.34. The second-order valence-corrected chi connectivity index (χ2v) is 11.4. The molecule has 0 spiro atoms. The largest absolute Gasteiger partial charge is 0.486 e. The molecular weight excluding hydrogens is 687 g/mol. The van der Waals surface area contributed by atoms with Crippen LogP contribution in [0.4, 0.5) is 10.5 Å². The average molecular weight is 701 g/mol. The van der Waals surface area contributed by atoms with Gasteiger partial charge in [0.05, 0.1) is 25.3 Å². The average Bonchev–Trinajstić information content (AvgIpc) is 3.11. The summed E-state index contributed by atoms with van der Waals surface area (Å²) < 4.78 is 7.10. The molecule has 2 amide bonds. The number of nitro groups is 1. The van der Waals surface area contributed by atoms with E-state index in [0.29, 0.717) is 42.1 Å². The second-order valence-electron chi connectivity index (χ2n) is 7.83. The number of nitrogens with zero attached hydrogens (tertiary/aromatic N) is 2. The SMILES string of the molecule is O=C(CN1C(=O)S/C(=C/c2cc(Br)c(OCc3ccc(Cl)cc3Cl)c(Br)c2)C1=O)c1ccc([N+](=O)[O-])cc1. The van der Waals surface area contributed by atoms with Crippen LogP contribution in [0.25, 0.3) is 6.08 Å². The lowest BCUT2D eigenvalue weighted by Gasteiger charge is -2.13. The van der Waals surface area contributed by atoms with E-state index < -0.39 is 28.4 Å². The van der Waals surface area contributed by atoms with Crippen molar-refractivity contribution in [2.45, 2.75) is 6.61 Å². The molecule has 0 saturated carbocycles. The van der Waals surface area contributed by atoms with Crippen LogP contribution in [0.2, 0.25) is 10.0 Å². The summed E-state index contributed by atoms with van der Waals surface area (Å²) in [5.74, 6) is -0.619. The minimum Gasteiger partial charge on any atom is -0.486 e. The van der Waals surface area contributed by atoms with Gasteiger partial charge >= 0.3 is 0 Å². The first kappa shape index (κ1) is 28.3. The number of thioether (sulfide) groups is 1. The van der Waals surface area contributed by atoms with Gasteiger partial charge in [-0.3, -0.25) is 29.4 Å². The summed E-state index contributed by atoms with van der Waals surface area (Å²) in [6, 6.07) is 13.5. The summed E-state index contributed by atoms with van der Waals surface area (Å²) in [5, 5.41) is 11.2. The predicted molar refractivity (Wildman–Crippen MR) is 153 cm³/mol. The molecule has 4 rings (SSSR count). The summed E-state index contributed by atoms with van der Waals surface area (Å²) in [6.45, 7) is -0.290.